The predicted octanol–water partition coefficient (Wildman–Crippen LogP) is 6.95. The molecular weight excluding hydrogens is 292 g/mol. The largest absolute Gasteiger partial charge is 0.299 e. The summed E-state index contributed by atoms with van der Waals surface area (Å²) in [5.41, 5.74) is 5.26. The maximum Gasteiger partial charge on any atom is 0.140 e. The van der Waals surface area contributed by atoms with Crippen molar-refractivity contribution in [1.29, 1.82) is 0 Å². The number of rotatable bonds is 9. The standard InChI is InChI=1S/C21H30O.C2H6/c1-6-17(5)19(14-13-16(3)4)15-21(22)20(7-2)18-11-9-8-10-12-18;1-2/h8-12,16,19-20H,1,7,13-15H2,2-5H3;1-2H3. The molecule has 0 bridgehead atoms. The molecule has 0 amide bonds. The Morgan fingerprint density at radius 3 is 2.17 bits per heavy atom. The van der Waals surface area contributed by atoms with E-state index < -0.39 is 0 Å². The van der Waals surface area contributed by atoms with Gasteiger partial charge in [0.2, 0.25) is 0 Å². The van der Waals surface area contributed by atoms with Crippen molar-refractivity contribution in [1.82, 2.24) is 0 Å². The first-order chi connectivity index (χ1) is 11.5. The molecule has 0 aromatic heterocycles. The van der Waals surface area contributed by atoms with Gasteiger partial charge in [-0.1, -0.05) is 78.0 Å². The molecule has 0 saturated carbocycles. The second kappa shape index (κ2) is 12.8. The van der Waals surface area contributed by atoms with E-state index in [4.69, 9.17) is 0 Å². The summed E-state index contributed by atoms with van der Waals surface area (Å²) >= 11 is 0. The molecule has 134 valence electrons. The third-order valence-corrected chi connectivity index (χ3v) is 4.43. The van der Waals surface area contributed by atoms with Crippen molar-refractivity contribution >= 4 is 5.78 Å². The third kappa shape index (κ3) is 7.79. The topological polar surface area (TPSA) is 17.1 Å². The van der Waals surface area contributed by atoms with E-state index in [0.717, 1.165) is 30.4 Å². The second-order valence-corrected chi connectivity index (χ2v) is 6.57. The van der Waals surface area contributed by atoms with E-state index in [0.29, 0.717) is 18.1 Å². The fourth-order valence-corrected chi connectivity index (χ4v) is 2.87. The molecule has 0 aliphatic rings. The van der Waals surface area contributed by atoms with Crippen LogP contribution in [0, 0.1) is 11.8 Å². The molecular formula is C23H36O. The Kier molecular flexibility index (Phi) is 11.9. The van der Waals surface area contributed by atoms with Crippen LogP contribution >= 0.6 is 0 Å². The van der Waals surface area contributed by atoms with Crippen molar-refractivity contribution in [3.63, 3.8) is 0 Å². The molecule has 2 unspecified atom stereocenters. The summed E-state index contributed by atoms with van der Waals surface area (Å²) in [6.45, 7) is 16.4. The van der Waals surface area contributed by atoms with E-state index >= 15 is 0 Å². The molecule has 1 nitrogen and oxygen atoms in total. The van der Waals surface area contributed by atoms with Crippen LogP contribution in [0.2, 0.25) is 0 Å². The molecule has 0 saturated heterocycles. The number of hydrogen-bond acceptors (Lipinski definition) is 1. The van der Waals surface area contributed by atoms with Crippen molar-refractivity contribution in [2.45, 2.75) is 73.1 Å². The molecule has 0 aliphatic heterocycles. The molecule has 0 N–H and O–H groups in total. The molecule has 1 aromatic carbocycles. The lowest BCUT2D eigenvalue weighted by Crippen LogP contribution is -2.17. The minimum atomic E-state index is 0.0142. The van der Waals surface area contributed by atoms with Crippen molar-refractivity contribution in [2.24, 2.45) is 11.8 Å². The minimum Gasteiger partial charge on any atom is -0.299 e. The Morgan fingerprint density at radius 2 is 1.71 bits per heavy atom. The van der Waals surface area contributed by atoms with Gasteiger partial charge in [-0.05, 0) is 42.7 Å². The van der Waals surface area contributed by atoms with Crippen LogP contribution < -0.4 is 0 Å². The van der Waals surface area contributed by atoms with Gasteiger partial charge in [-0.2, -0.15) is 0 Å². The van der Waals surface area contributed by atoms with Gasteiger partial charge in [-0.25, -0.2) is 0 Å². The lowest BCUT2D eigenvalue weighted by atomic mass is 9.82. The summed E-state index contributed by atoms with van der Waals surface area (Å²) in [4.78, 5) is 12.8. The van der Waals surface area contributed by atoms with Crippen molar-refractivity contribution in [3.8, 4) is 0 Å². The first kappa shape index (κ1) is 22.4. The first-order valence-electron chi connectivity index (χ1n) is 9.43. The minimum absolute atomic E-state index is 0.0142. The number of hydrogen-bond donors (Lipinski definition) is 0. The number of benzene rings is 1. The molecule has 0 radical (unpaired) electrons. The van der Waals surface area contributed by atoms with Gasteiger partial charge in [-0.15, -0.1) is 5.73 Å². The number of Topliss-reactive ketones (excluding diaryl/α,β-unsaturated/α-hetero) is 1. The van der Waals surface area contributed by atoms with E-state index in [2.05, 4.69) is 52.1 Å². The quantitative estimate of drug-likeness (QED) is 0.448. The Balaban J connectivity index is 0.00000254. The zero-order valence-electron chi connectivity index (χ0n) is 16.6. The van der Waals surface area contributed by atoms with Crippen molar-refractivity contribution < 1.29 is 4.79 Å². The highest BCUT2D eigenvalue weighted by atomic mass is 16.1. The molecule has 24 heavy (non-hydrogen) atoms. The average molecular weight is 329 g/mol. The SMILES string of the molecule is C=C=C(C)C(CCC(C)C)CC(=O)C(CC)c1ccccc1.CC. The average Bonchev–Trinajstić information content (AvgIpc) is 2.61. The predicted molar refractivity (Wildman–Crippen MR) is 106 cm³/mol. The maximum atomic E-state index is 12.8. The fourth-order valence-electron chi connectivity index (χ4n) is 2.87. The summed E-state index contributed by atoms with van der Waals surface area (Å²) < 4.78 is 0. The van der Waals surface area contributed by atoms with Crippen molar-refractivity contribution in [3.05, 3.63) is 53.8 Å². The van der Waals surface area contributed by atoms with Crippen LogP contribution in [0.3, 0.4) is 0 Å². The smallest absolute Gasteiger partial charge is 0.140 e. The molecule has 0 heterocycles. The first-order valence-corrected chi connectivity index (χ1v) is 9.43. The Labute approximate surface area is 149 Å². The highest BCUT2D eigenvalue weighted by molar-refractivity contribution is 5.86. The summed E-state index contributed by atoms with van der Waals surface area (Å²) in [5, 5.41) is 0. The maximum absolute atomic E-state index is 12.8. The van der Waals surface area contributed by atoms with Crippen molar-refractivity contribution in [2.75, 3.05) is 0 Å². The van der Waals surface area contributed by atoms with Gasteiger partial charge in [0.15, 0.2) is 0 Å². The lowest BCUT2D eigenvalue weighted by molar-refractivity contribution is -0.121. The number of carbonyl (C=O) groups excluding carboxylic acids is 1. The molecule has 0 spiro atoms. The number of ketones is 1. The van der Waals surface area contributed by atoms with Crippen LogP contribution in [-0.4, -0.2) is 5.78 Å². The van der Waals surface area contributed by atoms with Crippen LogP contribution in [-0.2, 0) is 4.79 Å². The molecule has 1 heteroatoms. The zero-order valence-corrected chi connectivity index (χ0v) is 16.6. The molecule has 0 fully saturated rings. The van der Waals surface area contributed by atoms with E-state index in [9.17, 15) is 4.79 Å². The molecule has 1 rings (SSSR count). The van der Waals surface area contributed by atoms with Gasteiger partial charge in [-0.3, -0.25) is 4.79 Å². The van der Waals surface area contributed by atoms with Crippen LogP contribution in [0.15, 0.2) is 48.2 Å². The summed E-state index contributed by atoms with van der Waals surface area (Å²) in [7, 11) is 0. The Morgan fingerprint density at radius 1 is 1.12 bits per heavy atom. The third-order valence-electron chi connectivity index (χ3n) is 4.43. The fraction of sp³-hybridized carbons (Fsp3) is 0.565. The molecule has 0 aliphatic carbocycles. The van der Waals surface area contributed by atoms with Crippen LogP contribution in [0.4, 0.5) is 0 Å². The summed E-state index contributed by atoms with van der Waals surface area (Å²) in [5.74, 6) is 1.30. The van der Waals surface area contributed by atoms with Gasteiger partial charge in [0.1, 0.15) is 5.78 Å². The lowest BCUT2D eigenvalue weighted by Gasteiger charge is -2.21. The highest BCUT2D eigenvalue weighted by Gasteiger charge is 2.23. The van der Waals surface area contributed by atoms with Gasteiger partial charge >= 0.3 is 0 Å². The normalized spacial score (nSPS) is 12.6. The number of carbonyl (C=O) groups is 1. The monoisotopic (exact) mass is 328 g/mol. The highest BCUT2D eigenvalue weighted by Crippen LogP contribution is 2.28. The van der Waals surface area contributed by atoms with Gasteiger partial charge in [0.05, 0.1) is 0 Å². The summed E-state index contributed by atoms with van der Waals surface area (Å²) in [6, 6.07) is 10.1. The van der Waals surface area contributed by atoms with Gasteiger partial charge < -0.3 is 0 Å². The van der Waals surface area contributed by atoms with E-state index in [-0.39, 0.29) is 11.8 Å². The van der Waals surface area contributed by atoms with Crippen LogP contribution in [0.25, 0.3) is 0 Å². The number of allylic oxidation sites excluding steroid dienone is 1. The molecule has 1 aromatic rings. The van der Waals surface area contributed by atoms with Crippen LogP contribution in [0.5, 0.6) is 0 Å². The zero-order chi connectivity index (χ0) is 18.5. The van der Waals surface area contributed by atoms with Gasteiger partial charge in [0, 0.05) is 12.3 Å². The van der Waals surface area contributed by atoms with Gasteiger partial charge in [0.25, 0.3) is 0 Å². The molecule has 2 atom stereocenters. The van der Waals surface area contributed by atoms with E-state index in [1.807, 2.05) is 32.0 Å². The van der Waals surface area contributed by atoms with E-state index in [1.54, 1.807) is 0 Å². The van der Waals surface area contributed by atoms with Crippen LogP contribution in [0.1, 0.15) is 78.7 Å². The Hall–Kier alpha value is -1.59. The van der Waals surface area contributed by atoms with E-state index in [1.165, 1.54) is 0 Å². The summed E-state index contributed by atoms with van der Waals surface area (Å²) in [6.07, 6.45) is 3.65. The second-order valence-electron chi connectivity index (χ2n) is 6.57. The Bertz CT molecular complexity index is 506.